The van der Waals surface area contributed by atoms with E-state index in [1.54, 1.807) is 12.1 Å². The summed E-state index contributed by atoms with van der Waals surface area (Å²) in [6, 6.07) is 3.03. The molecule has 0 bridgehead atoms. The minimum absolute atomic E-state index is 0.247. The van der Waals surface area contributed by atoms with Gasteiger partial charge in [-0.2, -0.15) is 0 Å². The highest BCUT2D eigenvalue weighted by Gasteiger charge is 2.37. The first-order chi connectivity index (χ1) is 7.65. The highest BCUT2D eigenvalue weighted by molar-refractivity contribution is 7.92. The van der Waals surface area contributed by atoms with Gasteiger partial charge in [0.2, 0.25) is 0 Å². The van der Waals surface area contributed by atoms with Crippen molar-refractivity contribution in [2.45, 2.75) is 30.6 Å². The van der Waals surface area contributed by atoms with Crippen molar-refractivity contribution in [2.24, 2.45) is 5.84 Å². The molecule has 16 heavy (non-hydrogen) atoms. The van der Waals surface area contributed by atoms with E-state index in [1.807, 2.05) is 0 Å². The number of hydrazine groups is 1. The fourth-order valence-electron chi connectivity index (χ4n) is 2.19. The number of hydrogen-bond acceptors (Lipinski definition) is 5. The van der Waals surface area contributed by atoms with Crippen LogP contribution in [0.25, 0.3) is 0 Å². The maximum Gasteiger partial charge on any atom is 0.155 e. The summed E-state index contributed by atoms with van der Waals surface area (Å²) >= 11 is 0. The standard InChI is InChI=1S/C10H16N2O3S/c11-12-10(8-4-3-6-15-8)9-5-1-2-7-16(9,13)14/h3-4,6,9-10,12H,1-2,5,7,11H2. The molecule has 1 fully saturated rings. The molecule has 90 valence electrons. The molecule has 1 aliphatic heterocycles. The lowest BCUT2D eigenvalue weighted by Gasteiger charge is -2.28. The van der Waals surface area contributed by atoms with E-state index >= 15 is 0 Å². The number of hydrogen-bond donors (Lipinski definition) is 2. The van der Waals surface area contributed by atoms with Crippen LogP contribution in [0, 0.1) is 0 Å². The van der Waals surface area contributed by atoms with Crippen LogP contribution in [0.3, 0.4) is 0 Å². The molecule has 3 N–H and O–H groups in total. The largest absolute Gasteiger partial charge is 0.468 e. The first-order valence-corrected chi connectivity index (χ1v) is 7.08. The summed E-state index contributed by atoms with van der Waals surface area (Å²) in [6.07, 6.45) is 3.82. The summed E-state index contributed by atoms with van der Waals surface area (Å²) in [5.74, 6) is 6.27. The normalized spacial score (nSPS) is 26.4. The minimum Gasteiger partial charge on any atom is -0.468 e. The lowest BCUT2D eigenvalue weighted by molar-refractivity contribution is 0.381. The van der Waals surface area contributed by atoms with E-state index in [-0.39, 0.29) is 5.75 Å². The number of nitrogens with two attached hydrogens (primary N) is 1. The fourth-order valence-corrected chi connectivity index (χ4v) is 4.26. The van der Waals surface area contributed by atoms with Crippen molar-refractivity contribution in [1.29, 1.82) is 0 Å². The molecule has 2 unspecified atom stereocenters. The average Bonchev–Trinajstić information content (AvgIpc) is 2.75. The third-order valence-corrected chi connectivity index (χ3v) is 5.32. The van der Waals surface area contributed by atoms with Crippen molar-refractivity contribution >= 4 is 9.84 Å². The highest BCUT2D eigenvalue weighted by atomic mass is 32.2. The third-order valence-electron chi connectivity index (χ3n) is 3.03. The minimum atomic E-state index is -3.06. The van der Waals surface area contributed by atoms with Crippen molar-refractivity contribution in [2.75, 3.05) is 5.75 Å². The number of rotatable bonds is 3. The van der Waals surface area contributed by atoms with Crippen LogP contribution < -0.4 is 11.3 Å². The Bertz CT molecular complexity index is 427. The first-order valence-electron chi connectivity index (χ1n) is 5.36. The molecule has 2 rings (SSSR count). The molecule has 0 saturated carbocycles. The first kappa shape index (κ1) is 11.6. The molecule has 2 atom stereocenters. The molecule has 5 nitrogen and oxygen atoms in total. The molecule has 1 aromatic heterocycles. The zero-order chi connectivity index (χ0) is 11.6. The molecule has 0 aromatic carbocycles. The molecular formula is C10H16N2O3S. The highest BCUT2D eigenvalue weighted by Crippen LogP contribution is 2.30. The van der Waals surface area contributed by atoms with E-state index in [0.29, 0.717) is 12.2 Å². The van der Waals surface area contributed by atoms with Gasteiger partial charge in [0.05, 0.1) is 23.3 Å². The van der Waals surface area contributed by atoms with E-state index in [9.17, 15) is 8.42 Å². The Balaban J connectivity index is 2.27. The maximum absolute atomic E-state index is 11.9. The molecule has 1 saturated heterocycles. The van der Waals surface area contributed by atoms with Gasteiger partial charge in [-0.15, -0.1) is 0 Å². The SMILES string of the molecule is NNC(c1ccco1)C1CCCCS1(=O)=O. The summed E-state index contributed by atoms with van der Waals surface area (Å²) in [6.45, 7) is 0. The van der Waals surface area contributed by atoms with Crippen LogP contribution in [-0.2, 0) is 9.84 Å². The second kappa shape index (κ2) is 4.57. The monoisotopic (exact) mass is 244 g/mol. The van der Waals surface area contributed by atoms with Crippen LogP contribution in [0.15, 0.2) is 22.8 Å². The van der Waals surface area contributed by atoms with Crippen molar-refractivity contribution in [3.8, 4) is 0 Å². The molecule has 2 heterocycles. The van der Waals surface area contributed by atoms with Gasteiger partial charge in [0, 0.05) is 0 Å². The van der Waals surface area contributed by atoms with Gasteiger partial charge in [0.1, 0.15) is 5.76 Å². The van der Waals surface area contributed by atoms with Crippen molar-refractivity contribution in [3.05, 3.63) is 24.2 Å². The lowest BCUT2D eigenvalue weighted by Crippen LogP contribution is -2.43. The molecular weight excluding hydrogens is 228 g/mol. The topological polar surface area (TPSA) is 85.3 Å². The molecule has 0 radical (unpaired) electrons. The number of furan rings is 1. The van der Waals surface area contributed by atoms with E-state index < -0.39 is 21.1 Å². The number of sulfone groups is 1. The van der Waals surface area contributed by atoms with Gasteiger partial charge in [-0.25, -0.2) is 13.8 Å². The van der Waals surface area contributed by atoms with Crippen LogP contribution in [0.4, 0.5) is 0 Å². The van der Waals surface area contributed by atoms with Crippen LogP contribution in [0.1, 0.15) is 31.1 Å². The Morgan fingerprint density at radius 3 is 2.88 bits per heavy atom. The van der Waals surface area contributed by atoms with Gasteiger partial charge < -0.3 is 4.42 Å². The summed E-state index contributed by atoms with van der Waals surface area (Å²) in [4.78, 5) is 0. The molecule has 0 spiro atoms. The molecule has 0 amide bonds. The van der Waals surface area contributed by atoms with Crippen molar-refractivity contribution in [1.82, 2.24) is 5.43 Å². The van der Waals surface area contributed by atoms with Gasteiger partial charge in [-0.1, -0.05) is 6.42 Å². The van der Waals surface area contributed by atoms with Crippen molar-refractivity contribution in [3.63, 3.8) is 0 Å². The Morgan fingerprint density at radius 1 is 1.50 bits per heavy atom. The summed E-state index contributed by atoms with van der Waals surface area (Å²) < 4.78 is 29.1. The molecule has 1 aromatic rings. The molecule has 6 heteroatoms. The summed E-state index contributed by atoms with van der Waals surface area (Å²) in [5, 5.41) is -0.475. The summed E-state index contributed by atoms with van der Waals surface area (Å²) in [5.41, 5.74) is 2.56. The quantitative estimate of drug-likeness (QED) is 0.605. The zero-order valence-electron chi connectivity index (χ0n) is 8.93. The maximum atomic E-state index is 11.9. The number of nitrogens with one attached hydrogen (secondary N) is 1. The van der Waals surface area contributed by atoms with Gasteiger partial charge in [0.25, 0.3) is 0 Å². The zero-order valence-corrected chi connectivity index (χ0v) is 9.74. The molecule has 1 aliphatic rings. The van der Waals surface area contributed by atoms with Crippen LogP contribution in [-0.4, -0.2) is 19.4 Å². The predicted molar refractivity (Wildman–Crippen MR) is 60.2 cm³/mol. The van der Waals surface area contributed by atoms with Crippen LogP contribution >= 0.6 is 0 Å². The Labute approximate surface area is 94.9 Å². The Kier molecular flexibility index (Phi) is 3.32. The lowest BCUT2D eigenvalue weighted by atomic mass is 10.1. The van der Waals surface area contributed by atoms with E-state index in [2.05, 4.69) is 5.43 Å². The summed E-state index contributed by atoms with van der Waals surface area (Å²) in [7, 11) is -3.06. The Morgan fingerprint density at radius 2 is 2.31 bits per heavy atom. The molecule has 0 aliphatic carbocycles. The van der Waals surface area contributed by atoms with Gasteiger partial charge in [0.15, 0.2) is 9.84 Å². The average molecular weight is 244 g/mol. The Hall–Kier alpha value is -0.850. The van der Waals surface area contributed by atoms with Crippen molar-refractivity contribution < 1.29 is 12.8 Å². The smallest absolute Gasteiger partial charge is 0.155 e. The second-order valence-electron chi connectivity index (χ2n) is 4.06. The predicted octanol–water partition coefficient (Wildman–Crippen LogP) is 0.751. The van der Waals surface area contributed by atoms with Crippen LogP contribution in [0.5, 0.6) is 0 Å². The van der Waals surface area contributed by atoms with E-state index in [0.717, 1.165) is 12.8 Å². The van der Waals surface area contributed by atoms with Gasteiger partial charge in [-0.3, -0.25) is 5.84 Å². The third kappa shape index (κ3) is 2.14. The van der Waals surface area contributed by atoms with Gasteiger partial charge in [-0.05, 0) is 25.0 Å². The van der Waals surface area contributed by atoms with E-state index in [4.69, 9.17) is 10.3 Å². The van der Waals surface area contributed by atoms with Gasteiger partial charge >= 0.3 is 0 Å². The second-order valence-corrected chi connectivity index (χ2v) is 6.40. The van der Waals surface area contributed by atoms with E-state index in [1.165, 1.54) is 6.26 Å². The van der Waals surface area contributed by atoms with Crippen LogP contribution in [0.2, 0.25) is 0 Å². The fraction of sp³-hybridized carbons (Fsp3) is 0.600.